The highest BCUT2D eigenvalue weighted by Gasteiger charge is 2.49. The van der Waals surface area contributed by atoms with Gasteiger partial charge in [-0.25, -0.2) is 15.0 Å². The molecule has 2 aromatic heterocycles. The average Bonchev–Trinajstić information content (AvgIpc) is 3.54. The molecule has 0 aliphatic carbocycles. The third-order valence-electron chi connectivity index (χ3n) is 7.04. The molecular weight excluding hydrogens is 494 g/mol. The fourth-order valence-corrected chi connectivity index (χ4v) is 5.16. The van der Waals surface area contributed by atoms with Gasteiger partial charge in [-0.2, -0.15) is 0 Å². The SMILES string of the molecule is C=C(OC(c1ccccc1)(c1ccccc1)c1ccccc1)[C@H]1O[C@@H](n2cnc3c(N)ncnc32)[C@H](O)[C@@H]1O. The first-order chi connectivity index (χ1) is 19.0. The highest BCUT2D eigenvalue weighted by Crippen LogP contribution is 2.44. The second-order valence-corrected chi connectivity index (χ2v) is 9.36. The predicted molar refractivity (Wildman–Crippen MR) is 145 cm³/mol. The van der Waals surface area contributed by atoms with Crippen molar-refractivity contribution >= 4 is 17.0 Å². The minimum absolute atomic E-state index is 0.152. The lowest BCUT2D eigenvalue weighted by Crippen LogP contribution is -2.38. The normalized spacial score (nSPS) is 21.2. The molecule has 0 radical (unpaired) electrons. The van der Waals surface area contributed by atoms with Crippen LogP contribution in [-0.4, -0.2) is 48.0 Å². The van der Waals surface area contributed by atoms with Crippen molar-refractivity contribution in [1.82, 2.24) is 19.5 Å². The molecule has 3 heterocycles. The lowest BCUT2D eigenvalue weighted by molar-refractivity contribution is -0.0548. The van der Waals surface area contributed by atoms with Crippen LogP contribution in [0.1, 0.15) is 22.9 Å². The molecule has 1 aliphatic rings. The molecule has 0 amide bonds. The first kappa shape index (κ1) is 24.7. The zero-order valence-corrected chi connectivity index (χ0v) is 20.9. The number of aliphatic hydroxyl groups is 2. The van der Waals surface area contributed by atoms with E-state index in [1.807, 2.05) is 91.0 Å². The Balaban J connectivity index is 1.41. The second-order valence-electron chi connectivity index (χ2n) is 9.36. The van der Waals surface area contributed by atoms with E-state index < -0.39 is 30.1 Å². The van der Waals surface area contributed by atoms with Crippen molar-refractivity contribution in [2.24, 2.45) is 0 Å². The van der Waals surface area contributed by atoms with Crippen molar-refractivity contribution in [3.05, 3.63) is 133 Å². The molecule has 0 unspecified atom stereocenters. The molecule has 0 saturated carbocycles. The van der Waals surface area contributed by atoms with Crippen LogP contribution in [0.25, 0.3) is 11.2 Å². The number of fused-ring (bicyclic) bond motifs is 1. The standard InChI is InChI=1S/C30H27N5O4/c1-19(26-24(36)25(37)29(38-26)35-18-34-23-27(31)32-17-33-28(23)35)39-30(20-11-5-2-6-12-20,21-13-7-3-8-14-21)22-15-9-4-10-16-22/h2-18,24-26,29,36-37H,1H2,(H2,31,32,33)/t24-,25+,26+,29+/m0/s1. The quantitative estimate of drug-likeness (QED) is 0.219. The highest BCUT2D eigenvalue weighted by atomic mass is 16.6. The Kier molecular flexibility index (Phi) is 6.32. The van der Waals surface area contributed by atoms with Crippen molar-refractivity contribution in [1.29, 1.82) is 0 Å². The van der Waals surface area contributed by atoms with E-state index in [0.29, 0.717) is 11.2 Å². The van der Waals surface area contributed by atoms with Crippen LogP contribution in [-0.2, 0) is 15.1 Å². The predicted octanol–water partition coefficient (Wildman–Crippen LogP) is 3.55. The van der Waals surface area contributed by atoms with Gasteiger partial charge in [-0.3, -0.25) is 4.57 Å². The van der Waals surface area contributed by atoms with Crippen LogP contribution >= 0.6 is 0 Å². The maximum atomic E-state index is 11.1. The maximum Gasteiger partial charge on any atom is 0.184 e. The van der Waals surface area contributed by atoms with Gasteiger partial charge in [0.25, 0.3) is 0 Å². The molecule has 39 heavy (non-hydrogen) atoms. The van der Waals surface area contributed by atoms with E-state index in [0.717, 1.165) is 16.7 Å². The van der Waals surface area contributed by atoms with Crippen molar-refractivity contribution in [3.8, 4) is 0 Å². The fourth-order valence-electron chi connectivity index (χ4n) is 5.16. The van der Waals surface area contributed by atoms with Gasteiger partial charge in [-0.05, 0) is 0 Å². The van der Waals surface area contributed by atoms with Crippen molar-refractivity contribution in [2.75, 3.05) is 5.73 Å². The summed E-state index contributed by atoms with van der Waals surface area (Å²) < 4.78 is 14.5. The number of ether oxygens (including phenoxy) is 2. The summed E-state index contributed by atoms with van der Waals surface area (Å²) in [5, 5.41) is 22.2. The minimum atomic E-state index is -1.33. The van der Waals surface area contributed by atoms with Crippen LogP contribution in [0.2, 0.25) is 0 Å². The number of imidazole rings is 1. The summed E-state index contributed by atoms with van der Waals surface area (Å²) in [5.41, 5.74) is 8.14. The molecule has 5 aromatic rings. The summed E-state index contributed by atoms with van der Waals surface area (Å²) in [6.07, 6.45) is -1.96. The summed E-state index contributed by atoms with van der Waals surface area (Å²) in [6.45, 7) is 4.19. The summed E-state index contributed by atoms with van der Waals surface area (Å²) in [4.78, 5) is 12.4. The summed E-state index contributed by atoms with van der Waals surface area (Å²) in [7, 11) is 0. The third kappa shape index (κ3) is 4.13. The first-order valence-electron chi connectivity index (χ1n) is 12.5. The number of nitrogen functional groups attached to an aromatic ring is 1. The minimum Gasteiger partial charge on any atom is -0.475 e. The van der Waals surface area contributed by atoms with Crippen LogP contribution in [0.4, 0.5) is 5.82 Å². The Labute approximate surface area is 224 Å². The molecular formula is C30H27N5O4. The Hall–Kier alpha value is -4.57. The van der Waals surface area contributed by atoms with Crippen molar-refractivity contribution in [3.63, 3.8) is 0 Å². The van der Waals surface area contributed by atoms with Crippen LogP contribution in [0, 0.1) is 0 Å². The first-order valence-corrected chi connectivity index (χ1v) is 12.5. The number of hydrogen-bond acceptors (Lipinski definition) is 8. The number of benzene rings is 3. The van der Waals surface area contributed by atoms with E-state index in [1.54, 1.807) is 0 Å². The van der Waals surface area contributed by atoms with Crippen LogP contribution < -0.4 is 5.73 Å². The third-order valence-corrected chi connectivity index (χ3v) is 7.04. The average molecular weight is 522 g/mol. The Morgan fingerprint density at radius 1 is 0.821 bits per heavy atom. The topological polar surface area (TPSA) is 129 Å². The van der Waals surface area contributed by atoms with E-state index in [4.69, 9.17) is 15.2 Å². The smallest absolute Gasteiger partial charge is 0.184 e. The zero-order valence-electron chi connectivity index (χ0n) is 20.9. The molecule has 9 heteroatoms. The molecule has 6 rings (SSSR count). The molecule has 4 atom stereocenters. The largest absolute Gasteiger partial charge is 0.475 e. The molecule has 1 saturated heterocycles. The Bertz CT molecular complexity index is 1500. The van der Waals surface area contributed by atoms with Crippen LogP contribution in [0.5, 0.6) is 0 Å². The van der Waals surface area contributed by atoms with Gasteiger partial charge in [0.2, 0.25) is 0 Å². The molecule has 1 fully saturated rings. The molecule has 4 N–H and O–H groups in total. The van der Waals surface area contributed by atoms with Gasteiger partial charge < -0.3 is 25.4 Å². The number of anilines is 1. The second kappa shape index (κ2) is 9.95. The van der Waals surface area contributed by atoms with Gasteiger partial charge in [0.1, 0.15) is 35.9 Å². The number of nitrogens with two attached hydrogens (primary N) is 1. The van der Waals surface area contributed by atoms with Gasteiger partial charge in [0, 0.05) is 16.7 Å². The maximum absolute atomic E-state index is 11.1. The number of aliphatic hydroxyl groups excluding tert-OH is 2. The van der Waals surface area contributed by atoms with Crippen LogP contribution in [0.15, 0.2) is 116 Å². The van der Waals surface area contributed by atoms with E-state index in [2.05, 4.69) is 21.5 Å². The van der Waals surface area contributed by atoms with Gasteiger partial charge in [-0.1, -0.05) is 97.6 Å². The zero-order chi connectivity index (χ0) is 27.0. The summed E-state index contributed by atoms with van der Waals surface area (Å²) >= 11 is 0. The van der Waals surface area contributed by atoms with Gasteiger partial charge in [0.15, 0.2) is 23.3 Å². The van der Waals surface area contributed by atoms with E-state index in [1.165, 1.54) is 17.2 Å². The Morgan fingerprint density at radius 3 is 1.90 bits per heavy atom. The van der Waals surface area contributed by atoms with Crippen LogP contribution in [0.3, 0.4) is 0 Å². The molecule has 196 valence electrons. The fraction of sp³-hybridized carbons (Fsp3) is 0.167. The van der Waals surface area contributed by atoms with Crippen molar-refractivity contribution in [2.45, 2.75) is 30.1 Å². The highest BCUT2D eigenvalue weighted by molar-refractivity contribution is 5.81. The van der Waals surface area contributed by atoms with Crippen molar-refractivity contribution < 1.29 is 19.7 Å². The van der Waals surface area contributed by atoms with Gasteiger partial charge in [0.05, 0.1) is 6.33 Å². The number of hydrogen-bond donors (Lipinski definition) is 3. The molecule has 1 aliphatic heterocycles. The molecule has 3 aromatic carbocycles. The lowest BCUT2D eigenvalue weighted by Gasteiger charge is -2.38. The monoisotopic (exact) mass is 521 g/mol. The lowest BCUT2D eigenvalue weighted by atomic mass is 9.80. The van der Waals surface area contributed by atoms with E-state index >= 15 is 0 Å². The molecule has 9 nitrogen and oxygen atoms in total. The van der Waals surface area contributed by atoms with Gasteiger partial charge in [-0.15, -0.1) is 0 Å². The number of aromatic nitrogens is 4. The number of nitrogens with zero attached hydrogens (tertiary/aromatic N) is 4. The number of rotatable bonds is 7. The molecule has 0 spiro atoms. The Morgan fingerprint density at radius 2 is 1.36 bits per heavy atom. The summed E-state index contributed by atoms with van der Waals surface area (Å²) in [5.74, 6) is 0.355. The summed E-state index contributed by atoms with van der Waals surface area (Å²) in [6, 6.07) is 29.4. The van der Waals surface area contributed by atoms with E-state index in [-0.39, 0.29) is 11.6 Å². The molecule has 0 bridgehead atoms. The van der Waals surface area contributed by atoms with Gasteiger partial charge >= 0.3 is 0 Å². The van der Waals surface area contributed by atoms with E-state index in [9.17, 15) is 10.2 Å².